The lowest BCUT2D eigenvalue weighted by atomic mass is 9.82. The highest BCUT2D eigenvalue weighted by atomic mass is 15.0. The quantitative estimate of drug-likeness (QED) is 0.779. The molecule has 0 amide bonds. The van der Waals surface area contributed by atoms with Crippen molar-refractivity contribution in [2.24, 2.45) is 5.41 Å². The number of aromatic nitrogens is 1. The van der Waals surface area contributed by atoms with Gasteiger partial charge in [0.1, 0.15) is 0 Å². The Bertz CT molecular complexity index is 302. The molecule has 0 saturated heterocycles. The Kier molecular flexibility index (Phi) is 2.80. The summed E-state index contributed by atoms with van der Waals surface area (Å²) in [6, 6.07) is 2.03. The molecule has 0 bridgehead atoms. The second-order valence-electron chi connectivity index (χ2n) is 4.34. The first-order chi connectivity index (χ1) is 7.29. The van der Waals surface area contributed by atoms with Crippen molar-refractivity contribution in [3.63, 3.8) is 0 Å². The van der Waals surface area contributed by atoms with E-state index in [1.807, 2.05) is 18.5 Å². The van der Waals surface area contributed by atoms with Gasteiger partial charge in [-0.3, -0.25) is 4.98 Å². The van der Waals surface area contributed by atoms with E-state index in [0.29, 0.717) is 5.41 Å². The molecule has 0 radical (unpaired) electrons. The van der Waals surface area contributed by atoms with Crippen molar-refractivity contribution < 1.29 is 0 Å². The van der Waals surface area contributed by atoms with Crippen LogP contribution >= 0.6 is 0 Å². The fraction of sp³-hybridized carbons (Fsp3) is 0.583. The molecule has 1 aromatic rings. The van der Waals surface area contributed by atoms with Crippen molar-refractivity contribution in [2.75, 3.05) is 23.7 Å². The molecule has 0 aliphatic carbocycles. The molecule has 0 atom stereocenters. The van der Waals surface area contributed by atoms with Crippen LogP contribution in [0, 0.1) is 5.41 Å². The molecule has 0 saturated carbocycles. The van der Waals surface area contributed by atoms with Gasteiger partial charge in [0.15, 0.2) is 0 Å². The Balaban J connectivity index is 2.21. The van der Waals surface area contributed by atoms with Crippen LogP contribution in [0.5, 0.6) is 0 Å². The van der Waals surface area contributed by atoms with Crippen molar-refractivity contribution in [3.8, 4) is 0 Å². The minimum atomic E-state index is 0.374. The largest absolute Gasteiger partial charge is 0.383 e. The first-order valence-corrected chi connectivity index (χ1v) is 5.71. The van der Waals surface area contributed by atoms with Crippen LogP contribution in [0.4, 0.5) is 11.4 Å². The van der Waals surface area contributed by atoms with Crippen LogP contribution in [0.1, 0.15) is 26.7 Å². The molecule has 0 spiro atoms. The molecular formula is C12H19N3. The summed E-state index contributed by atoms with van der Waals surface area (Å²) in [5.41, 5.74) is 2.68. The van der Waals surface area contributed by atoms with Gasteiger partial charge in [-0.25, -0.2) is 0 Å². The highest BCUT2D eigenvalue weighted by Crippen LogP contribution is 2.32. The fourth-order valence-corrected chi connectivity index (χ4v) is 2.07. The summed E-state index contributed by atoms with van der Waals surface area (Å²) in [7, 11) is 0. The van der Waals surface area contributed by atoms with E-state index in [-0.39, 0.29) is 0 Å². The average molecular weight is 205 g/mol. The van der Waals surface area contributed by atoms with Gasteiger partial charge in [0.25, 0.3) is 0 Å². The predicted octanol–water partition coefficient (Wildman–Crippen LogP) is 2.73. The number of hydrogen-bond acceptors (Lipinski definition) is 3. The van der Waals surface area contributed by atoms with Gasteiger partial charge in [-0.15, -0.1) is 0 Å². The van der Waals surface area contributed by atoms with Gasteiger partial charge in [0, 0.05) is 24.7 Å². The highest BCUT2D eigenvalue weighted by molar-refractivity contribution is 5.68. The van der Waals surface area contributed by atoms with Gasteiger partial charge >= 0.3 is 0 Å². The van der Waals surface area contributed by atoms with E-state index in [1.165, 1.54) is 18.5 Å². The molecule has 1 aliphatic rings. The summed E-state index contributed by atoms with van der Waals surface area (Å²) < 4.78 is 0. The molecule has 0 fully saturated rings. The Morgan fingerprint density at radius 1 is 1.20 bits per heavy atom. The fourth-order valence-electron chi connectivity index (χ4n) is 2.07. The van der Waals surface area contributed by atoms with Gasteiger partial charge < -0.3 is 10.6 Å². The predicted molar refractivity (Wildman–Crippen MR) is 64.2 cm³/mol. The van der Waals surface area contributed by atoms with E-state index in [4.69, 9.17) is 0 Å². The van der Waals surface area contributed by atoms with Gasteiger partial charge in [0.05, 0.1) is 17.6 Å². The second-order valence-corrected chi connectivity index (χ2v) is 4.34. The number of hydrogen-bond donors (Lipinski definition) is 2. The third-order valence-electron chi connectivity index (χ3n) is 3.63. The zero-order chi connectivity index (χ0) is 10.7. The number of rotatable bonds is 2. The smallest absolute Gasteiger partial charge is 0.0762 e. The van der Waals surface area contributed by atoms with Crippen LogP contribution in [0.25, 0.3) is 0 Å². The van der Waals surface area contributed by atoms with Crippen molar-refractivity contribution in [2.45, 2.75) is 26.7 Å². The number of pyridine rings is 1. The standard InChI is InChI=1S/C12H19N3/c1-3-12(4-2)8-14-10-5-6-13-7-11(10)15-9-12/h5-7,14-15H,3-4,8-9H2,1-2H3. The van der Waals surface area contributed by atoms with E-state index in [0.717, 1.165) is 18.8 Å². The molecule has 1 aliphatic heterocycles. The average Bonchev–Trinajstić information content (AvgIpc) is 2.49. The highest BCUT2D eigenvalue weighted by Gasteiger charge is 2.28. The number of nitrogens with one attached hydrogen (secondary N) is 2. The molecule has 0 unspecified atom stereocenters. The first kappa shape index (κ1) is 10.3. The molecule has 3 nitrogen and oxygen atoms in total. The van der Waals surface area contributed by atoms with Gasteiger partial charge in [-0.1, -0.05) is 13.8 Å². The van der Waals surface area contributed by atoms with Crippen molar-refractivity contribution >= 4 is 11.4 Å². The normalized spacial score (nSPS) is 18.3. The minimum absolute atomic E-state index is 0.374. The Morgan fingerprint density at radius 3 is 2.53 bits per heavy atom. The monoisotopic (exact) mass is 205 g/mol. The van der Waals surface area contributed by atoms with E-state index in [1.54, 1.807) is 0 Å². The number of fused-ring (bicyclic) bond motifs is 1. The lowest BCUT2D eigenvalue weighted by Gasteiger charge is -2.30. The summed E-state index contributed by atoms with van der Waals surface area (Å²) in [5, 5.41) is 7.01. The van der Waals surface area contributed by atoms with Crippen molar-refractivity contribution in [1.29, 1.82) is 0 Å². The van der Waals surface area contributed by atoms with Crippen LogP contribution < -0.4 is 10.6 Å². The second kappa shape index (κ2) is 4.09. The maximum Gasteiger partial charge on any atom is 0.0762 e. The summed E-state index contributed by atoms with van der Waals surface area (Å²) in [6.07, 6.45) is 6.12. The van der Waals surface area contributed by atoms with E-state index >= 15 is 0 Å². The summed E-state index contributed by atoms with van der Waals surface area (Å²) in [4.78, 5) is 4.14. The van der Waals surface area contributed by atoms with E-state index in [2.05, 4.69) is 29.5 Å². The molecule has 15 heavy (non-hydrogen) atoms. The zero-order valence-corrected chi connectivity index (χ0v) is 9.51. The van der Waals surface area contributed by atoms with Crippen molar-refractivity contribution in [1.82, 2.24) is 4.98 Å². The number of anilines is 2. The molecule has 3 heteroatoms. The van der Waals surface area contributed by atoms with Gasteiger partial charge in [0.2, 0.25) is 0 Å². The molecule has 2 heterocycles. The molecular weight excluding hydrogens is 186 g/mol. The van der Waals surface area contributed by atoms with Crippen LogP contribution in [-0.2, 0) is 0 Å². The minimum Gasteiger partial charge on any atom is -0.383 e. The molecule has 0 aromatic carbocycles. The van der Waals surface area contributed by atoms with Gasteiger partial charge in [-0.05, 0) is 18.9 Å². The Morgan fingerprint density at radius 2 is 1.87 bits per heavy atom. The van der Waals surface area contributed by atoms with Crippen molar-refractivity contribution in [3.05, 3.63) is 18.5 Å². The van der Waals surface area contributed by atoms with Crippen LogP contribution in [0.3, 0.4) is 0 Å². The van der Waals surface area contributed by atoms with Gasteiger partial charge in [-0.2, -0.15) is 0 Å². The summed E-state index contributed by atoms with van der Waals surface area (Å²) in [6.45, 7) is 6.61. The lowest BCUT2D eigenvalue weighted by molar-refractivity contribution is 0.307. The lowest BCUT2D eigenvalue weighted by Crippen LogP contribution is -2.33. The number of nitrogens with zero attached hydrogens (tertiary/aromatic N) is 1. The Hall–Kier alpha value is -1.25. The van der Waals surface area contributed by atoms with E-state index < -0.39 is 0 Å². The SMILES string of the molecule is CCC1(CC)CNc2ccncc2NC1. The first-order valence-electron chi connectivity index (χ1n) is 5.71. The van der Waals surface area contributed by atoms with Crippen LogP contribution in [0.2, 0.25) is 0 Å². The molecule has 82 valence electrons. The third kappa shape index (κ3) is 1.91. The van der Waals surface area contributed by atoms with Crippen LogP contribution in [-0.4, -0.2) is 18.1 Å². The molecule has 1 aromatic heterocycles. The van der Waals surface area contributed by atoms with E-state index in [9.17, 15) is 0 Å². The third-order valence-corrected chi connectivity index (χ3v) is 3.63. The topological polar surface area (TPSA) is 37.0 Å². The maximum atomic E-state index is 4.14. The summed E-state index contributed by atoms with van der Waals surface area (Å²) >= 11 is 0. The molecule has 2 rings (SSSR count). The molecule has 2 N–H and O–H groups in total. The summed E-state index contributed by atoms with van der Waals surface area (Å²) in [5.74, 6) is 0. The Labute approximate surface area is 91.3 Å². The zero-order valence-electron chi connectivity index (χ0n) is 9.51. The van der Waals surface area contributed by atoms with Crippen LogP contribution in [0.15, 0.2) is 18.5 Å². The maximum absolute atomic E-state index is 4.14.